The standard InChI is InChI=1S/C10H22O3SSi/c1-7(2)12-10(6-15,9(14)11-5)13-8(3)4/h7-8H,6H2,1-5,15H3. The van der Waals surface area contributed by atoms with E-state index in [-0.39, 0.29) is 12.2 Å². The van der Waals surface area contributed by atoms with Gasteiger partial charge in [0.1, 0.15) is 0 Å². The van der Waals surface area contributed by atoms with Crippen molar-refractivity contribution in [2.45, 2.75) is 51.7 Å². The summed E-state index contributed by atoms with van der Waals surface area (Å²) in [4.78, 5) is 0. The third kappa shape index (κ3) is 4.59. The van der Waals surface area contributed by atoms with E-state index in [1.807, 2.05) is 27.7 Å². The van der Waals surface area contributed by atoms with Crippen molar-refractivity contribution in [2.24, 2.45) is 0 Å². The topological polar surface area (TPSA) is 27.7 Å². The molecule has 0 atom stereocenters. The largest absolute Gasteiger partial charge is 0.486 e. The molecule has 0 unspecified atom stereocenters. The maximum Gasteiger partial charge on any atom is 0.236 e. The number of ether oxygens (including phenoxy) is 3. The predicted octanol–water partition coefficient (Wildman–Crippen LogP) is 1.29. The summed E-state index contributed by atoms with van der Waals surface area (Å²) in [6.07, 6.45) is 0.122. The van der Waals surface area contributed by atoms with Gasteiger partial charge in [0.2, 0.25) is 10.8 Å². The normalized spacial score (nSPS) is 12.5. The van der Waals surface area contributed by atoms with Gasteiger partial charge in [0.05, 0.1) is 19.3 Å². The predicted molar refractivity (Wildman–Crippen MR) is 69.5 cm³/mol. The molecule has 5 heteroatoms. The van der Waals surface area contributed by atoms with E-state index in [9.17, 15) is 0 Å². The molecule has 0 rings (SSSR count). The van der Waals surface area contributed by atoms with E-state index < -0.39 is 5.79 Å². The zero-order chi connectivity index (χ0) is 12.1. The minimum atomic E-state index is -0.835. The zero-order valence-electron chi connectivity index (χ0n) is 10.5. The Kier molecular flexibility index (Phi) is 6.59. The molecule has 90 valence electrons. The molecule has 0 N–H and O–H groups in total. The first-order chi connectivity index (χ1) is 6.88. The average Bonchev–Trinajstić information content (AvgIpc) is 2.13. The molecule has 0 aliphatic rings. The van der Waals surface area contributed by atoms with Crippen LogP contribution in [-0.2, 0) is 14.2 Å². The Morgan fingerprint density at radius 1 is 1.20 bits per heavy atom. The molecule has 0 saturated carbocycles. The Morgan fingerprint density at radius 3 is 1.80 bits per heavy atom. The van der Waals surface area contributed by atoms with Crippen molar-refractivity contribution >= 4 is 27.5 Å². The Balaban J connectivity index is 4.83. The molecule has 15 heavy (non-hydrogen) atoms. The maximum absolute atomic E-state index is 5.80. The van der Waals surface area contributed by atoms with Gasteiger partial charge in [-0.05, 0) is 46.0 Å². The van der Waals surface area contributed by atoms with Crippen LogP contribution in [0, 0.1) is 0 Å². The molecular formula is C10H22O3SSi. The lowest BCUT2D eigenvalue weighted by atomic mass is 10.3. The van der Waals surface area contributed by atoms with Crippen LogP contribution in [0.15, 0.2) is 0 Å². The molecule has 0 aliphatic heterocycles. The highest BCUT2D eigenvalue weighted by Gasteiger charge is 2.38. The molecule has 0 amide bonds. The van der Waals surface area contributed by atoms with E-state index in [2.05, 4.69) is 0 Å². The van der Waals surface area contributed by atoms with Crippen LogP contribution in [-0.4, -0.2) is 40.4 Å². The summed E-state index contributed by atoms with van der Waals surface area (Å²) in [5, 5.41) is 0.389. The van der Waals surface area contributed by atoms with Crippen molar-refractivity contribution in [3.63, 3.8) is 0 Å². The van der Waals surface area contributed by atoms with Gasteiger partial charge in [-0.25, -0.2) is 0 Å². The SMILES string of the molecule is COC(=S)C(C[SiH3])(OC(C)C)OC(C)C. The summed E-state index contributed by atoms with van der Waals surface area (Å²) in [7, 11) is 2.50. The first-order valence-corrected chi connectivity index (χ1v) is 7.14. The summed E-state index contributed by atoms with van der Waals surface area (Å²) >= 11 is 5.17. The van der Waals surface area contributed by atoms with Gasteiger partial charge in [-0.3, -0.25) is 0 Å². The molecule has 0 aromatic rings. The van der Waals surface area contributed by atoms with E-state index in [1.165, 1.54) is 0 Å². The van der Waals surface area contributed by atoms with Crippen molar-refractivity contribution in [2.75, 3.05) is 7.11 Å². The van der Waals surface area contributed by atoms with Crippen LogP contribution in [0.4, 0.5) is 0 Å². The highest BCUT2D eigenvalue weighted by Crippen LogP contribution is 2.24. The second kappa shape index (κ2) is 6.58. The van der Waals surface area contributed by atoms with Crippen LogP contribution < -0.4 is 0 Å². The van der Waals surface area contributed by atoms with Gasteiger partial charge in [0.15, 0.2) is 0 Å². The van der Waals surface area contributed by atoms with Gasteiger partial charge in [-0.2, -0.15) is 0 Å². The van der Waals surface area contributed by atoms with E-state index in [1.54, 1.807) is 7.11 Å². The van der Waals surface area contributed by atoms with Gasteiger partial charge in [-0.1, -0.05) is 0 Å². The Morgan fingerprint density at radius 2 is 1.60 bits per heavy atom. The van der Waals surface area contributed by atoms with Crippen molar-refractivity contribution in [1.29, 1.82) is 0 Å². The molecule has 0 heterocycles. The molecule has 0 aliphatic carbocycles. The highest BCUT2D eigenvalue weighted by molar-refractivity contribution is 7.80. The van der Waals surface area contributed by atoms with Crippen molar-refractivity contribution in [1.82, 2.24) is 0 Å². The number of hydrogen-bond acceptors (Lipinski definition) is 4. The molecule has 3 nitrogen and oxygen atoms in total. The molecule has 0 aromatic heterocycles. The Bertz CT molecular complexity index is 197. The summed E-state index contributed by atoms with van der Waals surface area (Å²) in [5.74, 6) is -0.835. The van der Waals surface area contributed by atoms with Crippen LogP contribution in [0.2, 0.25) is 6.04 Å². The molecule has 0 spiro atoms. The number of hydrogen-bond donors (Lipinski definition) is 0. The molecular weight excluding hydrogens is 228 g/mol. The third-order valence-electron chi connectivity index (χ3n) is 1.81. The minimum absolute atomic E-state index is 0.0609. The summed E-state index contributed by atoms with van der Waals surface area (Å²) < 4.78 is 16.7. The van der Waals surface area contributed by atoms with Gasteiger partial charge < -0.3 is 14.2 Å². The van der Waals surface area contributed by atoms with Gasteiger partial charge in [-0.15, -0.1) is 0 Å². The fraction of sp³-hybridized carbons (Fsp3) is 0.900. The molecule has 0 aromatic carbocycles. The lowest BCUT2D eigenvalue weighted by Crippen LogP contribution is -2.47. The van der Waals surface area contributed by atoms with Crippen LogP contribution >= 0.6 is 12.2 Å². The van der Waals surface area contributed by atoms with Crippen molar-refractivity contribution in [3.8, 4) is 0 Å². The van der Waals surface area contributed by atoms with Crippen LogP contribution in [0.25, 0.3) is 0 Å². The third-order valence-corrected chi connectivity index (χ3v) is 3.22. The quantitative estimate of drug-likeness (QED) is 0.403. The summed E-state index contributed by atoms with van der Waals surface area (Å²) in [5.41, 5.74) is 0. The highest BCUT2D eigenvalue weighted by atomic mass is 32.1. The minimum Gasteiger partial charge on any atom is -0.486 e. The van der Waals surface area contributed by atoms with Crippen molar-refractivity contribution < 1.29 is 14.2 Å². The van der Waals surface area contributed by atoms with Crippen LogP contribution in [0.3, 0.4) is 0 Å². The molecule has 0 fully saturated rings. The summed E-state index contributed by atoms with van der Waals surface area (Å²) in [6.45, 7) is 7.86. The van der Waals surface area contributed by atoms with Crippen LogP contribution in [0.1, 0.15) is 27.7 Å². The first-order valence-electron chi connectivity index (χ1n) is 5.32. The second-order valence-electron chi connectivity index (χ2n) is 3.93. The van der Waals surface area contributed by atoms with E-state index in [0.717, 1.165) is 16.3 Å². The number of thiocarbonyl (C=S) groups is 1. The van der Waals surface area contributed by atoms with Gasteiger partial charge >= 0.3 is 0 Å². The number of rotatable bonds is 6. The maximum atomic E-state index is 5.80. The molecule has 0 saturated heterocycles. The summed E-state index contributed by atoms with van der Waals surface area (Å²) in [6, 6.07) is 0.774. The Hall–Kier alpha value is 0.0269. The van der Waals surface area contributed by atoms with E-state index in [0.29, 0.717) is 5.05 Å². The second-order valence-corrected chi connectivity index (χ2v) is 5.01. The van der Waals surface area contributed by atoms with Gasteiger partial charge in [0.25, 0.3) is 0 Å². The molecule has 0 radical (unpaired) electrons. The lowest BCUT2D eigenvalue weighted by Gasteiger charge is -2.35. The smallest absolute Gasteiger partial charge is 0.236 e. The fourth-order valence-electron chi connectivity index (χ4n) is 1.35. The van der Waals surface area contributed by atoms with E-state index in [4.69, 9.17) is 26.4 Å². The first kappa shape index (κ1) is 15.0. The monoisotopic (exact) mass is 250 g/mol. The van der Waals surface area contributed by atoms with Crippen LogP contribution in [0.5, 0.6) is 0 Å². The fourth-order valence-corrected chi connectivity index (χ4v) is 2.50. The Labute approximate surface area is 101 Å². The number of methoxy groups -OCH3 is 1. The molecule has 0 bridgehead atoms. The average molecular weight is 250 g/mol. The van der Waals surface area contributed by atoms with Gasteiger partial charge in [0, 0.05) is 10.2 Å². The zero-order valence-corrected chi connectivity index (χ0v) is 13.3. The lowest BCUT2D eigenvalue weighted by molar-refractivity contribution is -0.218. The van der Waals surface area contributed by atoms with Crippen molar-refractivity contribution in [3.05, 3.63) is 0 Å². The van der Waals surface area contributed by atoms with E-state index >= 15 is 0 Å².